The van der Waals surface area contributed by atoms with Crippen LogP contribution in [0.3, 0.4) is 0 Å². The van der Waals surface area contributed by atoms with Crippen LogP contribution in [0.4, 0.5) is 5.69 Å². The van der Waals surface area contributed by atoms with Crippen LogP contribution >= 0.6 is 0 Å². The average molecular weight is 449 g/mol. The summed E-state index contributed by atoms with van der Waals surface area (Å²) < 4.78 is 5.46. The smallest absolute Gasteiger partial charge is 0.257 e. The predicted molar refractivity (Wildman–Crippen MR) is 132 cm³/mol. The van der Waals surface area contributed by atoms with E-state index in [1.807, 2.05) is 48.8 Å². The predicted octanol–water partition coefficient (Wildman–Crippen LogP) is 4.67. The topological polar surface area (TPSA) is 71.2 Å². The third kappa shape index (κ3) is 4.13. The summed E-state index contributed by atoms with van der Waals surface area (Å²) in [6.45, 7) is 4.44. The van der Waals surface area contributed by atoms with Gasteiger partial charge in [-0.05, 0) is 35.9 Å². The first-order valence-corrected chi connectivity index (χ1v) is 11.5. The molecule has 0 bridgehead atoms. The van der Waals surface area contributed by atoms with E-state index in [0.717, 1.165) is 54.2 Å². The van der Waals surface area contributed by atoms with Gasteiger partial charge in [-0.2, -0.15) is 4.98 Å². The van der Waals surface area contributed by atoms with Crippen molar-refractivity contribution < 1.29 is 4.52 Å². The fraction of sp³-hybridized carbons (Fsp3) is 0.185. The zero-order valence-corrected chi connectivity index (χ0v) is 18.7. The number of hydrogen-bond donors (Lipinski definition) is 0. The molecule has 7 nitrogen and oxygen atoms in total. The van der Waals surface area contributed by atoms with Crippen molar-refractivity contribution in [1.82, 2.24) is 25.0 Å². The summed E-state index contributed by atoms with van der Waals surface area (Å²) in [5, 5.41) is 5.36. The van der Waals surface area contributed by atoms with Gasteiger partial charge >= 0.3 is 0 Å². The highest BCUT2D eigenvalue weighted by Crippen LogP contribution is 2.30. The maximum Gasteiger partial charge on any atom is 0.257 e. The maximum absolute atomic E-state index is 5.46. The van der Waals surface area contributed by atoms with E-state index in [9.17, 15) is 0 Å². The number of fused-ring (bicyclic) bond motifs is 1. The second-order valence-corrected chi connectivity index (χ2v) is 8.45. The Kier molecular flexibility index (Phi) is 5.45. The average Bonchev–Trinajstić information content (AvgIpc) is 3.38. The number of hydrogen-bond acceptors (Lipinski definition) is 7. The third-order valence-corrected chi connectivity index (χ3v) is 6.28. The number of piperazine rings is 1. The quantitative estimate of drug-likeness (QED) is 0.387. The Bertz CT molecular complexity index is 1390. The maximum atomic E-state index is 5.46. The lowest BCUT2D eigenvalue weighted by atomic mass is 10.0. The van der Waals surface area contributed by atoms with Crippen LogP contribution in [0.2, 0.25) is 0 Å². The minimum absolute atomic E-state index is 0.572. The molecule has 1 aliphatic heterocycles. The first kappa shape index (κ1) is 20.5. The Morgan fingerprint density at radius 1 is 0.794 bits per heavy atom. The molecule has 0 atom stereocenters. The number of benzene rings is 2. The molecule has 0 unspecified atom stereocenters. The van der Waals surface area contributed by atoms with E-state index in [-0.39, 0.29) is 0 Å². The Balaban J connectivity index is 1.14. The van der Waals surface area contributed by atoms with Crippen molar-refractivity contribution in [1.29, 1.82) is 0 Å². The van der Waals surface area contributed by atoms with Crippen LogP contribution in [0.5, 0.6) is 0 Å². The van der Waals surface area contributed by atoms with Crippen molar-refractivity contribution in [2.45, 2.75) is 6.54 Å². The van der Waals surface area contributed by atoms with Crippen LogP contribution in [0.25, 0.3) is 33.5 Å². The zero-order chi connectivity index (χ0) is 22.7. The highest BCUT2D eigenvalue weighted by molar-refractivity contribution is 5.94. The molecule has 0 amide bonds. The Hall–Kier alpha value is -4.10. The van der Waals surface area contributed by atoms with Crippen LogP contribution in [0.1, 0.15) is 5.82 Å². The number of nitrogens with zero attached hydrogens (tertiary/aromatic N) is 6. The normalized spacial score (nSPS) is 14.5. The minimum Gasteiger partial charge on any atom is -0.368 e. The van der Waals surface area contributed by atoms with Gasteiger partial charge in [0.2, 0.25) is 0 Å². The summed E-state index contributed by atoms with van der Waals surface area (Å²) >= 11 is 0. The number of rotatable bonds is 5. The van der Waals surface area contributed by atoms with Crippen molar-refractivity contribution in [2.75, 3.05) is 31.1 Å². The second-order valence-electron chi connectivity index (χ2n) is 8.45. The first-order chi connectivity index (χ1) is 16.8. The van der Waals surface area contributed by atoms with Gasteiger partial charge in [-0.15, -0.1) is 0 Å². The van der Waals surface area contributed by atoms with Gasteiger partial charge in [-0.1, -0.05) is 41.6 Å². The molecule has 1 aliphatic rings. The van der Waals surface area contributed by atoms with Gasteiger partial charge in [0.15, 0.2) is 5.82 Å². The summed E-state index contributed by atoms with van der Waals surface area (Å²) in [6.07, 6.45) is 5.58. The second kappa shape index (κ2) is 9.03. The summed E-state index contributed by atoms with van der Waals surface area (Å²) in [7, 11) is 0. The molecule has 0 aliphatic carbocycles. The lowest BCUT2D eigenvalue weighted by molar-refractivity contribution is 0.240. The summed E-state index contributed by atoms with van der Waals surface area (Å²) in [6, 6.07) is 22.5. The molecular formula is C27H24N6O. The van der Waals surface area contributed by atoms with Crippen molar-refractivity contribution in [3.8, 4) is 22.6 Å². The molecule has 4 heterocycles. The molecule has 0 spiro atoms. The van der Waals surface area contributed by atoms with Crippen molar-refractivity contribution in [2.24, 2.45) is 0 Å². The highest BCUT2D eigenvalue weighted by Gasteiger charge is 2.21. The van der Waals surface area contributed by atoms with Crippen molar-refractivity contribution >= 4 is 16.6 Å². The fourth-order valence-electron chi connectivity index (χ4n) is 4.48. The monoisotopic (exact) mass is 448 g/mol. The van der Waals surface area contributed by atoms with E-state index >= 15 is 0 Å². The van der Waals surface area contributed by atoms with Crippen LogP contribution in [-0.2, 0) is 6.54 Å². The van der Waals surface area contributed by atoms with Gasteiger partial charge in [-0.3, -0.25) is 14.9 Å². The molecule has 7 heteroatoms. The Labute approximate surface area is 197 Å². The molecule has 6 rings (SSSR count). The summed E-state index contributed by atoms with van der Waals surface area (Å²) in [4.78, 5) is 18.3. The zero-order valence-electron chi connectivity index (χ0n) is 18.7. The Morgan fingerprint density at radius 2 is 1.65 bits per heavy atom. The largest absolute Gasteiger partial charge is 0.368 e. The number of pyridine rings is 2. The minimum atomic E-state index is 0.572. The third-order valence-electron chi connectivity index (χ3n) is 6.28. The fourth-order valence-corrected chi connectivity index (χ4v) is 4.48. The van der Waals surface area contributed by atoms with Crippen molar-refractivity contribution in [3.05, 3.63) is 91.1 Å². The SMILES string of the molecule is c1ccc(-c2nc(CN3CCN(c4ccnc5cc(-c6cccnc6)ccc45)CC3)no2)cc1. The molecule has 3 aromatic heterocycles. The van der Waals surface area contributed by atoms with Crippen LogP contribution in [0.15, 0.2) is 89.8 Å². The van der Waals surface area contributed by atoms with E-state index in [1.165, 1.54) is 11.1 Å². The van der Waals surface area contributed by atoms with Crippen LogP contribution < -0.4 is 4.90 Å². The molecule has 34 heavy (non-hydrogen) atoms. The van der Waals surface area contributed by atoms with E-state index in [1.54, 1.807) is 6.20 Å². The van der Waals surface area contributed by atoms with Gasteiger partial charge < -0.3 is 9.42 Å². The van der Waals surface area contributed by atoms with Crippen molar-refractivity contribution in [3.63, 3.8) is 0 Å². The lowest BCUT2D eigenvalue weighted by Gasteiger charge is -2.36. The Morgan fingerprint density at radius 3 is 2.47 bits per heavy atom. The molecule has 0 radical (unpaired) electrons. The lowest BCUT2D eigenvalue weighted by Crippen LogP contribution is -2.46. The van der Waals surface area contributed by atoms with Gasteiger partial charge in [0.25, 0.3) is 5.89 Å². The molecule has 0 N–H and O–H groups in total. The molecule has 1 fully saturated rings. The number of anilines is 1. The van der Waals surface area contributed by atoms with E-state index in [4.69, 9.17) is 4.52 Å². The molecule has 5 aromatic rings. The molecule has 1 saturated heterocycles. The first-order valence-electron chi connectivity index (χ1n) is 11.5. The van der Waals surface area contributed by atoms with E-state index < -0.39 is 0 Å². The van der Waals surface area contributed by atoms with Gasteiger partial charge in [0, 0.05) is 67.0 Å². The van der Waals surface area contributed by atoms with Crippen LogP contribution in [0, 0.1) is 0 Å². The molecule has 0 saturated carbocycles. The van der Waals surface area contributed by atoms with E-state index in [0.29, 0.717) is 12.4 Å². The van der Waals surface area contributed by atoms with E-state index in [2.05, 4.69) is 60.2 Å². The highest BCUT2D eigenvalue weighted by atomic mass is 16.5. The standard InChI is InChI=1S/C27H24N6O/c1-2-5-20(6-3-1)27-30-26(31-34-27)19-32-13-15-33(16-14-32)25-10-12-29-24-17-21(8-9-23(24)25)22-7-4-11-28-18-22/h1-12,17-18H,13-16,19H2. The summed E-state index contributed by atoms with van der Waals surface area (Å²) in [5.74, 6) is 1.30. The summed E-state index contributed by atoms with van der Waals surface area (Å²) in [5.41, 5.74) is 5.41. The van der Waals surface area contributed by atoms with Gasteiger partial charge in [0.1, 0.15) is 0 Å². The molecular weight excluding hydrogens is 424 g/mol. The number of aromatic nitrogens is 4. The van der Waals surface area contributed by atoms with Gasteiger partial charge in [-0.25, -0.2) is 0 Å². The van der Waals surface area contributed by atoms with Gasteiger partial charge in [0.05, 0.1) is 12.1 Å². The molecule has 2 aromatic carbocycles. The molecule has 168 valence electrons. The van der Waals surface area contributed by atoms with Crippen LogP contribution in [-0.4, -0.2) is 51.2 Å².